The van der Waals surface area contributed by atoms with Gasteiger partial charge >= 0.3 is 0 Å². The Morgan fingerprint density at radius 2 is 1.58 bits per heavy atom. The number of hydrogen-bond acceptors (Lipinski definition) is 5. The summed E-state index contributed by atoms with van der Waals surface area (Å²) in [5.41, 5.74) is 16.2. The third kappa shape index (κ3) is 3.08. The summed E-state index contributed by atoms with van der Waals surface area (Å²) < 4.78 is 0. The molecule has 1 aromatic carbocycles. The van der Waals surface area contributed by atoms with E-state index in [-0.39, 0.29) is 5.84 Å². The predicted molar refractivity (Wildman–Crippen MR) is 106 cm³/mol. The van der Waals surface area contributed by atoms with Crippen LogP contribution in [-0.2, 0) is 0 Å². The van der Waals surface area contributed by atoms with Crippen molar-refractivity contribution in [3.8, 4) is 22.5 Å². The molecule has 6 heteroatoms. The zero-order chi connectivity index (χ0) is 18.7. The molecule has 6 nitrogen and oxygen atoms in total. The Kier molecular flexibility index (Phi) is 4.57. The molecule has 2 heterocycles. The standard InChI is InChI=1S/C20H18N6/c1-3-12-9-24-19(23)17(16(12)4-2)15-10-25-20(26-11-15)14-7-5-13(6-8-14)18(21)22/h3-11H,1-2H2,(H3,21,22)(H2,23,24). The third-order valence-electron chi connectivity index (χ3n) is 4.00. The lowest BCUT2D eigenvalue weighted by Gasteiger charge is -2.12. The number of nitrogens with zero attached hydrogens (tertiary/aromatic N) is 3. The molecule has 0 bridgehead atoms. The molecule has 0 amide bonds. The van der Waals surface area contributed by atoms with E-state index < -0.39 is 0 Å². The van der Waals surface area contributed by atoms with Gasteiger partial charge in [0, 0.05) is 46.4 Å². The lowest BCUT2D eigenvalue weighted by atomic mass is 9.99. The van der Waals surface area contributed by atoms with Crippen molar-refractivity contribution >= 4 is 23.8 Å². The van der Waals surface area contributed by atoms with Gasteiger partial charge in [0.1, 0.15) is 11.7 Å². The zero-order valence-corrected chi connectivity index (χ0v) is 14.1. The van der Waals surface area contributed by atoms with Gasteiger partial charge in [-0.3, -0.25) is 5.41 Å². The highest BCUT2D eigenvalue weighted by molar-refractivity contribution is 5.95. The van der Waals surface area contributed by atoms with Crippen LogP contribution in [0.5, 0.6) is 0 Å². The van der Waals surface area contributed by atoms with Crippen LogP contribution in [0.3, 0.4) is 0 Å². The van der Waals surface area contributed by atoms with Crippen molar-refractivity contribution in [3.05, 3.63) is 72.7 Å². The van der Waals surface area contributed by atoms with Crippen LogP contribution in [0.4, 0.5) is 5.82 Å². The van der Waals surface area contributed by atoms with Gasteiger partial charge < -0.3 is 11.5 Å². The monoisotopic (exact) mass is 342 g/mol. The minimum atomic E-state index is 0.0230. The SMILES string of the molecule is C=Cc1cnc(N)c(-c2cnc(-c3ccc(C(=N)N)cc3)nc2)c1C=C. The van der Waals surface area contributed by atoms with Crippen LogP contribution in [0, 0.1) is 5.41 Å². The molecule has 26 heavy (non-hydrogen) atoms. The van der Waals surface area contributed by atoms with E-state index in [1.165, 1.54) is 0 Å². The first-order valence-corrected chi connectivity index (χ1v) is 7.85. The highest BCUT2D eigenvalue weighted by atomic mass is 14.9. The number of hydrogen-bond donors (Lipinski definition) is 3. The molecule has 0 atom stereocenters. The topological polar surface area (TPSA) is 115 Å². The molecule has 0 spiro atoms. The average Bonchev–Trinajstić information content (AvgIpc) is 2.68. The van der Waals surface area contributed by atoms with Gasteiger partial charge in [-0.15, -0.1) is 0 Å². The molecule has 0 fully saturated rings. The maximum absolute atomic E-state index is 7.44. The number of pyridine rings is 1. The first-order chi connectivity index (χ1) is 12.5. The Hall–Kier alpha value is -3.80. The van der Waals surface area contributed by atoms with Crippen molar-refractivity contribution in [3.63, 3.8) is 0 Å². The van der Waals surface area contributed by atoms with E-state index >= 15 is 0 Å². The Balaban J connectivity index is 2.02. The van der Waals surface area contributed by atoms with Crippen LogP contribution in [0.25, 0.3) is 34.7 Å². The van der Waals surface area contributed by atoms with Crippen molar-refractivity contribution in [1.29, 1.82) is 5.41 Å². The maximum Gasteiger partial charge on any atom is 0.159 e. The highest BCUT2D eigenvalue weighted by Crippen LogP contribution is 2.31. The summed E-state index contributed by atoms with van der Waals surface area (Å²) >= 11 is 0. The summed E-state index contributed by atoms with van der Waals surface area (Å²) in [7, 11) is 0. The molecule has 3 rings (SSSR count). The van der Waals surface area contributed by atoms with E-state index in [0.717, 1.165) is 27.8 Å². The van der Waals surface area contributed by atoms with E-state index in [0.29, 0.717) is 17.2 Å². The molecule has 0 saturated carbocycles. The molecule has 0 aliphatic rings. The summed E-state index contributed by atoms with van der Waals surface area (Å²) in [6, 6.07) is 7.19. The number of anilines is 1. The fraction of sp³-hybridized carbons (Fsp3) is 0. The number of rotatable bonds is 5. The molecule has 0 radical (unpaired) electrons. The second-order valence-corrected chi connectivity index (χ2v) is 5.58. The van der Waals surface area contributed by atoms with Crippen LogP contribution in [0.1, 0.15) is 16.7 Å². The maximum atomic E-state index is 7.44. The van der Waals surface area contributed by atoms with Gasteiger partial charge in [-0.1, -0.05) is 49.6 Å². The minimum Gasteiger partial charge on any atom is -0.384 e. The van der Waals surface area contributed by atoms with E-state index in [2.05, 4.69) is 28.1 Å². The Bertz CT molecular complexity index is 988. The van der Waals surface area contributed by atoms with E-state index in [9.17, 15) is 0 Å². The largest absolute Gasteiger partial charge is 0.384 e. The first kappa shape index (κ1) is 17.0. The number of nitrogens with two attached hydrogens (primary N) is 2. The van der Waals surface area contributed by atoms with Crippen molar-refractivity contribution < 1.29 is 0 Å². The van der Waals surface area contributed by atoms with Crippen molar-refractivity contribution in [2.45, 2.75) is 0 Å². The molecule has 0 saturated heterocycles. The molecule has 0 aliphatic heterocycles. The van der Waals surface area contributed by atoms with Crippen molar-refractivity contribution in [2.24, 2.45) is 5.73 Å². The Morgan fingerprint density at radius 3 is 2.12 bits per heavy atom. The van der Waals surface area contributed by atoms with Gasteiger partial charge in [0.2, 0.25) is 0 Å². The number of aromatic nitrogens is 3. The zero-order valence-electron chi connectivity index (χ0n) is 14.1. The van der Waals surface area contributed by atoms with Crippen LogP contribution in [-0.4, -0.2) is 20.8 Å². The number of amidine groups is 1. The normalized spacial score (nSPS) is 10.3. The lowest BCUT2D eigenvalue weighted by molar-refractivity contribution is 1.17. The summed E-state index contributed by atoms with van der Waals surface area (Å²) in [4.78, 5) is 13.1. The second-order valence-electron chi connectivity index (χ2n) is 5.58. The van der Waals surface area contributed by atoms with Gasteiger partial charge in [0.25, 0.3) is 0 Å². The molecule has 3 aromatic rings. The fourth-order valence-electron chi connectivity index (χ4n) is 2.65. The lowest BCUT2D eigenvalue weighted by Crippen LogP contribution is -2.10. The number of nitrogen functional groups attached to an aromatic ring is 2. The van der Waals surface area contributed by atoms with Crippen molar-refractivity contribution in [2.75, 3.05) is 5.73 Å². The summed E-state index contributed by atoms with van der Waals surface area (Å²) in [6.07, 6.45) is 8.50. The highest BCUT2D eigenvalue weighted by Gasteiger charge is 2.13. The minimum absolute atomic E-state index is 0.0230. The van der Waals surface area contributed by atoms with Gasteiger partial charge in [-0.05, 0) is 5.56 Å². The second kappa shape index (κ2) is 6.98. The van der Waals surface area contributed by atoms with Gasteiger partial charge in [-0.2, -0.15) is 0 Å². The summed E-state index contributed by atoms with van der Waals surface area (Å²) in [5, 5.41) is 7.44. The first-order valence-electron chi connectivity index (χ1n) is 7.85. The quantitative estimate of drug-likeness (QED) is 0.486. The van der Waals surface area contributed by atoms with Crippen LogP contribution in [0.15, 0.2) is 56.0 Å². The van der Waals surface area contributed by atoms with Crippen molar-refractivity contribution in [1.82, 2.24) is 15.0 Å². The molecule has 0 unspecified atom stereocenters. The molecular formula is C20H18N6. The molecule has 5 N–H and O–H groups in total. The molecule has 0 aliphatic carbocycles. The van der Waals surface area contributed by atoms with Gasteiger partial charge in [0.15, 0.2) is 5.82 Å². The fourth-order valence-corrected chi connectivity index (χ4v) is 2.65. The molecule has 128 valence electrons. The summed E-state index contributed by atoms with van der Waals surface area (Å²) in [5.74, 6) is 0.970. The van der Waals surface area contributed by atoms with Gasteiger partial charge in [-0.25, -0.2) is 15.0 Å². The Labute approximate surface area is 151 Å². The van der Waals surface area contributed by atoms with Crippen LogP contribution in [0.2, 0.25) is 0 Å². The van der Waals surface area contributed by atoms with E-state index in [4.69, 9.17) is 16.9 Å². The molecular weight excluding hydrogens is 324 g/mol. The van der Waals surface area contributed by atoms with E-state index in [1.54, 1.807) is 42.9 Å². The molecule has 2 aromatic heterocycles. The van der Waals surface area contributed by atoms with E-state index in [1.807, 2.05) is 12.1 Å². The number of nitrogens with one attached hydrogen (secondary N) is 1. The van der Waals surface area contributed by atoms with Crippen LogP contribution < -0.4 is 11.5 Å². The van der Waals surface area contributed by atoms with Crippen LogP contribution >= 0.6 is 0 Å². The average molecular weight is 342 g/mol. The predicted octanol–water partition coefficient (Wildman–Crippen LogP) is 3.36. The summed E-state index contributed by atoms with van der Waals surface area (Å²) in [6.45, 7) is 7.65. The smallest absolute Gasteiger partial charge is 0.159 e. The number of benzene rings is 1. The third-order valence-corrected chi connectivity index (χ3v) is 4.00. The van der Waals surface area contributed by atoms with Gasteiger partial charge in [0.05, 0.1) is 0 Å². The Morgan fingerprint density at radius 1 is 0.923 bits per heavy atom.